The molecule has 0 unspecified atom stereocenters. The van der Waals surface area contributed by atoms with Crippen molar-refractivity contribution in [2.24, 2.45) is 0 Å². The lowest BCUT2D eigenvalue weighted by molar-refractivity contribution is 0.0929. The molecule has 0 aromatic carbocycles. The van der Waals surface area contributed by atoms with Gasteiger partial charge in [-0.3, -0.25) is 9.59 Å². The van der Waals surface area contributed by atoms with Gasteiger partial charge in [0.05, 0.1) is 0 Å². The lowest BCUT2D eigenvalue weighted by Crippen LogP contribution is -2.46. The molecule has 1 aromatic rings. The Balaban J connectivity index is 2.06. The van der Waals surface area contributed by atoms with E-state index in [2.05, 4.69) is 15.6 Å². The summed E-state index contributed by atoms with van der Waals surface area (Å²) >= 11 is 0. The highest BCUT2D eigenvalue weighted by Crippen LogP contribution is 2.02. The van der Waals surface area contributed by atoms with Crippen LogP contribution in [0.1, 0.15) is 28.9 Å². The van der Waals surface area contributed by atoms with Gasteiger partial charge in [-0.1, -0.05) is 0 Å². The van der Waals surface area contributed by atoms with Gasteiger partial charge in [0.15, 0.2) is 5.43 Å². The molecule has 2 heterocycles. The third kappa shape index (κ3) is 2.94. The highest BCUT2D eigenvalue weighted by atomic mass is 16.2. The minimum absolute atomic E-state index is 0.122. The zero-order valence-corrected chi connectivity index (χ0v) is 9.88. The molecule has 0 saturated carbocycles. The maximum Gasteiger partial charge on any atom is 0.257 e. The Bertz CT molecular complexity index is 461. The van der Waals surface area contributed by atoms with E-state index in [0.717, 1.165) is 31.6 Å². The van der Waals surface area contributed by atoms with Crippen LogP contribution in [0.5, 0.6) is 0 Å². The number of carbonyl (C=O) groups excluding carboxylic acids is 1. The largest absolute Gasteiger partial charge is 0.364 e. The second-order valence-corrected chi connectivity index (χ2v) is 4.41. The number of aromatic amines is 1. The number of pyridine rings is 1. The van der Waals surface area contributed by atoms with Crippen LogP contribution in [0.25, 0.3) is 0 Å². The molecule has 1 saturated heterocycles. The van der Waals surface area contributed by atoms with Crippen LogP contribution < -0.4 is 16.1 Å². The Morgan fingerprint density at radius 3 is 3.00 bits per heavy atom. The molecule has 1 aliphatic rings. The van der Waals surface area contributed by atoms with Crippen molar-refractivity contribution in [2.45, 2.75) is 25.8 Å². The summed E-state index contributed by atoms with van der Waals surface area (Å²) in [5.41, 5.74) is 0.703. The average molecular weight is 235 g/mol. The second-order valence-electron chi connectivity index (χ2n) is 4.41. The van der Waals surface area contributed by atoms with Crippen molar-refractivity contribution in [1.82, 2.24) is 15.6 Å². The van der Waals surface area contributed by atoms with E-state index >= 15 is 0 Å². The van der Waals surface area contributed by atoms with E-state index in [1.807, 2.05) is 0 Å². The van der Waals surface area contributed by atoms with Crippen molar-refractivity contribution in [1.29, 1.82) is 0 Å². The normalized spacial score (nSPS) is 19.9. The van der Waals surface area contributed by atoms with Crippen molar-refractivity contribution >= 4 is 5.91 Å². The molecular formula is C12H17N3O2. The molecule has 1 aliphatic heterocycles. The minimum Gasteiger partial charge on any atom is -0.364 e. The van der Waals surface area contributed by atoms with Gasteiger partial charge in [-0.2, -0.15) is 0 Å². The molecule has 17 heavy (non-hydrogen) atoms. The lowest BCUT2D eigenvalue weighted by Gasteiger charge is -2.23. The number of aryl methyl sites for hydroxylation is 1. The van der Waals surface area contributed by atoms with E-state index < -0.39 is 0 Å². The Labute approximate surface area is 99.6 Å². The molecule has 92 valence electrons. The number of rotatable bonds is 2. The summed E-state index contributed by atoms with van der Waals surface area (Å²) in [5.74, 6) is -0.292. The van der Waals surface area contributed by atoms with Gasteiger partial charge in [0, 0.05) is 30.5 Å². The van der Waals surface area contributed by atoms with Crippen LogP contribution in [0.2, 0.25) is 0 Å². The van der Waals surface area contributed by atoms with Crippen molar-refractivity contribution in [3.8, 4) is 0 Å². The van der Waals surface area contributed by atoms with Crippen molar-refractivity contribution < 1.29 is 4.79 Å². The van der Waals surface area contributed by atoms with Crippen LogP contribution in [0.15, 0.2) is 17.1 Å². The number of hydrogen-bond donors (Lipinski definition) is 3. The molecule has 1 fully saturated rings. The molecule has 0 spiro atoms. The fraction of sp³-hybridized carbons (Fsp3) is 0.500. The van der Waals surface area contributed by atoms with E-state index in [1.165, 1.54) is 12.3 Å². The Hall–Kier alpha value is -1.62. The van der Waals surface area contributed by atoms with Gasteiger partial charge in [0.2, 0.25) is 0 Å². The molecule has 2 rings (SSSR count). The molecule has 5 nitrogen and oxygen atoms in total. The summed E-state index contributed by atoms with van der Waals surface area (Å²) in [7, 11) is 0. The molecule has 1 amide bonds. The quantitative estimate of drug-likeness (QED) is 0.684. The van der Waals surface area contributed by atoms with Crippen LogP contribution in [0, 0.1) is 6.92 Å². The Kier molecular flexibility index (Phi) is 3.58. The Morgan fingerprint density at radius 2 is 2.35 bits per heavy atom. The predicted molar refractivity (Wildman–Crippen MR) is 65.2 cm³/mol. The van der Waals surface area contributed by atoms with Gasteiger partial charge >= 0.3 is 0 Å². The summed E-state index contributed by atoms with van der Waals surface area (Å²) < 4.78 is 0. The monoisotopic (exact) mass is 235 g/mol. The first kappa shape index (κ1) is 11.9. The summed E-state index contributed by atoms with van der Waals surface area (Å²) in [6, 6.07) is 1.56. The number of hydrogen-bond acceptors (Lipinski definition) is 3. The predicted octanol–water partition coefficient (Wildman–Crippen LogP) is 0.165. The van der Waals surface area contributed by atoms with Crippen LogP contribution in [0.4, 0.5) is 0 Å². The molecule has 0 bridgehead atoms. The number of nitrogens with one attached hydrogen (secondary N) is 3. The van der Waals surface area contributed by atoms with Crippen molar-refractivity contribution in [3.05, 3.63) is 33.7 Å². The number of aromatic nitrogens is 1. The lowest BCUT2D eigenvalue weighted by atomic mass is 10.1. The second kappa shape index (κ2) is 5.14. The van der Waals surface area contributed by atoms with Crippen molar-refractivity contribution in [3.63, 3.8) is 0 Å². The Morgan fingerprint density at radius 1 is 1.53 bits per heavy atom. The highest BCUT2D eigenvalue weighted by Gasteiger charge is 2.17. The van der Waals surface area contributed by atoms with Gasteiger partial charge < -0.3 is 15.6 Å². The number of piperidine rings is 1. The van der Waals surface area contributed by atoms with Gasteiger partial charge in [-0.05, 0) is 26.3 Å². The van der Waals surface area contributed by atoms with Crippen LogP contribution >= 0.6 is 0 Å². The first-order chi connectivity index (χ1) is 8.16. The summed E-state index contributed by atoms with van der Waals surface area (Å²) in [4.78, 5) is 26.4. The molecule has 5 heteroatoms. The fourth-order valence-corrected chi connectivity index (χ4v) is 1.99. The number of H-pyrrole nitrogens is 1. The standard InChI is InChI=1S/C12H17N3O2/c1-8-5-11(16)10(7-14-8)12(17)15-9-3-2-4-13-6-9/h5,7,9,13H,2-4,6H2,1H3,(H,14,16)(H,15,17)/t9-/m0/s1. The average Bonchev–Trinajstić information content (AvgIpc) is 2.30. The zero-order chi connectivity index (χ0) is 12.3. The van der Waals surface area contributed by atoms with Gasteiger partial charge in [0.25, 0.3) is 5.91 Å². The van der Waals surface area contributed by atoms with Gasteiger partial charge in [0.1, 0.15) is 5.56 Å². The molecule has 0 aliphatic carbocycles. The summed E-state index contributed by atoms with van der Waals surface area (Å²) in [5, 5.41) is 6.09. The van der Waals surface area contributed by atoms with Gasteiger partial charge in [-0.25, -0.2) is 0 Å². The summed E-state index contributed by atoms with van der Waals surface area (Å²) in [6.07, 6.45) is 3.49. The van der Waals surface area contributed by atoms with Gasteiger partial charge in [-0.15, -0.1) is 0 Å². The third-order valence-electron chi connectivity index (χ3n) is 2.93. The number of carbonyl (C=O) groups is 1. The molecule has 0 radical (unpaired) electrons. The molecular weight excluding hydrogens is 218 g/mol. The van der Waals surface area contributed by atoms with E-state index in [9.17, 15) is 9.59 Å². The van der Waals surface area contributed by atoms with E-state index in [4.69, 9.17) is 0 Å². The van der Waals surface area contributed by atoms with E-state index in [-0.39, 0.29) is 22.9 Å². The smallest absolute Gasteiger partial charge is 0.257 e. The maximum atomic E-state index is 11.9. The van der Waals surface area contributed by atoms with E-state index in [1.54, 1.807) is 6.92 Å². The van der Waals surface area contributed by atoms with Crippen LogP contribution in [-0.2, 0) is 0 Å². The maximum absolute atomic E-state index is 11.9. The summed E-state index contributed by atoms with van der Waals surface area (Å²) in [6.45, 7) is 3.56. The van der Waals surface area contributed by atoms with Crippen LogP contribution in [0.3, 0.4) is 0 Å². The molecule has 1 aromatic heterocycles. The minimum atomic E-state index is -0.292. The topological polar surface area (TPSA) is 74.0 Å². The van der Waals surface area contributed by atoms with Crippen molar-refractivity contribution in [2.75, 3.05) is 13.1 Å². The van der Waals surface area contributed by atoms with Crippen LogP contribution in [-0.4, -0.2) is 30.0 Å². The molecule has 3 N–H and O–H groups in total. The first-order valence-corrected chi connectivity index (χ1v) is 5.88. The zero-order valence-electron chi connectivity index (χ0n) is 9.88. The fourth-order valence-electron chi connectivity index (χ4n) is 1.99. The van der Waals surface area contributed by atoms with E-state index in [0.29, 0.717) is 0 Å². The third-order valence-corrected chi connectivity index (χ3v) is 2.93. The highest BCUT2D eigenvalue weighted by molar-refractivity contribution is 5.94. The number of amides is 1. The first-order valence-electron chi connectivity index (χ1n) is 5.88. The molecule has 1 atom stereocenters. The SMILES string of the molecule is Cc1cc(=O)c(C(=O)N[C@H]2CCCNC2)c[nH]1.